The lowest BCUT2D eigenvalue weighted by Crippen LogP contribution is -2.50. The Morgan fingerprint density at radius 1 is 1.03 bits per heavy atom. The molecule has 3 rings (SSSR count). The second kappa shape index (κ2) is 8.66. The summed E-state index contributed by atoms with van der Waals surface area (Å²) in [6, 6.07) is 9.61. The molecule has 9 heteroatoms. The molecule has 6 nitrogen and oxygen atoms in total. The number of carbonyl (C=O) groups is 2. The van der Waals surface area contributed by atoms with Crippen molar-refractivity contribution >= 4 is 29.0 Å². The van der Waals surface area contributed by atoms with Gasteiger partial charge < -0.3 is 5.32 Å². The van der Waals surface area contributed by atoms with E-state index in [2.05, 4.69) is 14.9 Å². The first-order valence-electron chi connectivity index (χ1n) is 9.10. The molecule has 2 amide bonds. The van der Waals surface area contributed by atoms with E-state index in [-0.39, 0.29) is 16.9 Å². The van der Waals surface area contributed by atoms with Crippen molar-refractivity contribution in [3.05, 3.63) is 76.8 Å². The van der Waals surface area contributed by atoms with Crippen molar-refractivity contribution in [2.45, 2.75) is 32.4 Å². The van der Waals surface area contributed by atoms with Crippen LogP contribution in [0.15, 0.2) is 53.9 Å². The van der Waals surface area contributed by atoms with Gasteiger partial charge in [-0.15, -0.1) is 5.10 Å². The number of aromatic nitrogens is 2. The molecule has 0 radical (unpaired) electrons. The minimum absolute atomic E-state index is 0.0703. The van der Waals surface area contributed by atoms with Gasteiger partial charge in [-0.05, 0) is 50.5 Å². The third kappa shape index (κ3) is 4.68. The molecule has 3 aromatic rings. The van der Waals surface area contributed by atoms with E-state index in [4.69, 9.17) is 0 Å². The van der Waals surface area contributed by atoms with Gasteiger partial charge in [0.25, 0.3) is 5.91 Å². The van der Waals surface area contributed by atoms with Crippen molar-refractivity contribution in [3.8, 4) is 0 Å². The van der Waals surface area contributed by atoms with Crippen molar-refractivity contribution < 1.29 is 18.4 Å². The number of rotatable bonds is 5. The van der Waals surface area contributed by atoms with E-state index in [9.17, 15) is 18.4 Å². The van der Waals surface area contributed by atoms with Crippen molar-refractivity contribution in [2.75, 3.05) is 4.90 Å². The fourth-order valence-electron chi connectivity index (χ4n) is 2.93. The Labute approximate surface area is 176 Å². The number of hydrogen-bond donors (Lipinski definition) is 1. The standard InChI is InChI=1S/C21H20F2N4O2S/c1-21(2,3)24-19(28)18(13-8-4-5-9-14(13)22)27(17-11-7-6-10-15(17)23)20(29)16-12-30-26-25-16/h4-12,18H,1-3H3,(H,24,28). The van der Waals surface area contributed by atoms with Gasteiger partial charge in [0.15, 0.2) is 5.69 Å². The van der Waals surface area contributed by atoms with E-state index < -0.39 is 35.0 Å². The molecular formula is C21H20F2N4O2S. The Morgan fingerprint density at radius 3 is 2.23 bits per heavy atom. The van der Waals surface area contributed by atoms with Gasteiger partial charge in [-0.25, -0.2) is 8.78 Å². The largest absolute Gasteiger partial charge is 0.349 e. The number of halogens is 2. The summed E-state index contributed by atoms with van der Waals surface area (Å²) in [5, 5.41) is 7.90. The molecule has 0 aliphatic heterocycles. The summed E-state index contributed by atoms with van der Waals surface area (Å²) in [6.45, 7) is 5.26. The normalized spacial score (nSPS) is 12.3. The fraction of sp³-hybridized carbons (Fsp3) is 0.238. The number of amides is 2. The predicted octanol–water partition coefficient (Wildman–Crippen LogP) is 4.12. The summed E-state index contributed by atoms with van der Waals surface area (Å²) in [6.07, 6.45) is 0. The average molecular weight is 430 g/mol. The summed E-state index contributed by atoms with van der Waals surface area (Å²) in [5.41, 5.74) is -0.993. The molecule has 0 aliphatic rings. The van der Waals surface area contributed by atoms with E-state index in [1.54, 1.807) is 26.8 Å². The van der Waals surface area contributed by atoms with E-state index in [1.807, 2.05) is 0 Å². The summed E-state index contributed by atoms with van der Waals surface area (Å²) < 4.78 is 33.2. The highest BCUT2D eigenvalue weighted by molar-refractivity contribution is 7.03. The van der Waals surface area contributed by atoms with Crippen LogP contribution in [0.3, 0.4) is 0 Å². The zero-order valence-electron chi connectivity index (χ0n) is 16.6. The molecule has 0 spiro atoms. The number of carbonyl (C=O) groups excluding carboxylic acids is 2. The molecule has 0 saturated carbocycles. The average Bonchev–Trinajstić information content (AvgIpc) is 3.21. The second-order valence-corrected chi connectivity index (χ2v) is 8.19. The first-order valence-corrected chi connectivity index (χ1v) is 9.94. The Kier molecular flexibility index (Phi) is 6.21. The predicted molar refractivity (Wildman–Crippen MR) is 110 cm³/mol. The lowest BCUT2D eigenvalue weighted by Gasteiger charge is -2.33. The van der Waals surface area contributed by atoms with Gasteiger partial charge in [0.05, 0.1) is 5.69 Å². The number of benzene rings is 2. The van der Waals surface area contributed by atoms with Crippen LogP contribution in [0.25, 0.3) is 0 Å². The number of hydrogen-bond acceptors (Lipinski definition) is 5. The molecule has 1 aromatic heterocycles. The van der Waals surface area contributed by atoms with Gasteiger partial charge in [-0.2, -0.15) is 0 Å². The van der Waals surface area contributed by atoms with Crippen LogP contribution >= 0.6 is 11.5 Å². The minimum Gasteiger partial charge on any atom is -0.349 e. The summed E-state index contributed by atoms with van der Waals surface area (Å²) in [7, 11) is 0. The maximum absolute atomic E-state index is 14.8. The van der Waals surface area contributed by atoms with Gasteiger partial charge in [0.1, 0.15) is 17.7 Å². The smallest absolute Gasteiger partial charge is 0.280 e. The van der Waals surface area contributed by atoms with Gasteiger partial charge in [0, 0.05) is 16.5 Å². The molecule has 0 fully saturated rings. The quantitative estimate of drug-likeness (QED) is 0.661. The highest BCUT2D eigenvalue weighted by atomic mass is 32.1. The van der Waals surface area contributed by atoms with Crippen LogP contribution in [-0.4, -0.2) is 26.9 Å². The molecule has 0 saturated heterocycles. The first-order chi connectivity index (χ1) is 14.2. The van der Waals surface area contributed by atoms with Gasteiger partial charge in [-0.1, -0.05) is 34.8 Å². The highest BCUT2D eigenvalue weighted by Crippen LogP contribution is 2.33. The summed E-state index contributed by atoms with van der Waals surface area (Å²) in [4.78, 5) is 27.5. The summed E-state index contributed by atoms with van der Waals surface area (Å²) in [5.74, 6) is -2.87. The number of nitrogens with one attached hydrogen (secondary N) is 1. The molecule has 2 aromatic carbocycles. The highest BCUT2D eigenvalue weighted by Gasteiger charge is 2.38. The van der Waals surface area contributed by atoms with E-state index >= 15 is 0 Å². The maximum atomic E-state index is 14.8. The first kappa shape index (κ1) is 21.5. The molecule has 1 heterocycles. The maximum Gasteiger partial charge on any atom is 0.280 e. The Morgan fingerprint density at radius 2 is 1.67 bits per heavy atom. The molecule has 1 unspecified atom stereocenters. The van der Waals surface area contributed by atoms with Crippen LogP contribution in [0.2, 0.25) is 0 Å². The van der Waals surface area contributed by atoms with Crippen LogP contribution in [0.5, 0.6) is 0 Å². The van der Waals surface area contributed by atoms with Crippen LogP contribution in [0.1, 0.15) is 42.9 Å². The van der Waals surface area contributed by atoms with E-state index in [0.717, 1.165) is 22.5 Å². The number of nitrogens with zero attached hydrogens (tertiary/aromatic N) is 3. The third-order valence-corrected chi connectivity index (χ3v) is 4.62. The molecule has 30 heavy (non-hydrogen) atoms. The third-order valence-electron chi connectivity index (χ3n) is 4.11. The zero-order valence-corrected chi connectivity index (χ0v) is 17.4. The van der Waals surface area contributed by atoms with E-state index in [1.165, 1.54) is 41.8 Å². The molecule has 1 N–H and O–H groups in total. The molecule has 0 bridgehead atoms. The van der Waals surface area contributed by atoms with Crippen LogP contribution in [0, 0.1) is 11.6 Å². The van der Waals surface area contributed by atoms with Crippen LogP contribution < -0.4 is 10.2 Å². The lowest BCUT2D eigenvalue weighted by molar-refractivity contribution is -0.124. The lowest BCUT2D eigenvalue weighted by atomic mass is 10.00. The number of para-hydroxylation sites is 1. The van der Waals surface area contributed by atoms with Crippen molar-refractivity contribution in [1.29, 1.82) is 0 Å². The molecular weight excluding hydrogens is 410 g/mol. The van der Waals surface area contributed by atoms with Crippen molar-refractivity contribution in [1.82, 2.24) is 14.9 Å². The van der Waals surface area contributed by atoms with E-state index in [0.29, 0.717) is 0 Å². The van der Waals surface area contributed by atoms with Gasteiger partial charge in [-0.3, -0.25) is 14.5 Å². The fourth-order valence-corrected chi connectivity index (χ4v) is 3.36. The SMILES string of the molecule is CC(C)(C)NC(=O)C(c1ccccc1F)N(C(=O)c1csnn1)c1ccccc1F. The van der Waals surface area contributed by atoms with Crippen LogP contribution in [0.4, 0.5) is 14.5 Å². The van der Waals surface area contributed by atoms with Gasteiger partial charge >= 0.3 is 0 Å². The van der Waals surface area contributed by atoms with Gasteiger partial charge in [0.2, 0.25) is 5.91 Å². The van der Waals surface area contributed by atoms with Crippen molar-refractivity contribution in [3.63, 3.8) is 0 Å². The molecule has 156 valence electrons. The zero-order chi connectivity index (χ0) is 21.9. The monoisotopic (exact) mass is 430 g/mol. The molecule has 0 aliphatic carbocycles. The summed E-state index contributed by atoms with van der Waals surface area (Å²) >= 11 is 0.937. The van der Waals surface area contributed by atoms with Crippen molar-refractivity contribution in [2.24, 2.45) is 0 Å². The molecule has 1 atom stereocenters. The second-order valence-electron chi connectivity index (χ2n) is 7.58. The Hall–Kier alpha value is -3.20. The minimum atomic E-state index is -1.48. The van der Waals surface area contributed by atoms with Crippen LogP contribution in [-0.2, 0) is 4.79 Å². The number of anilines is 1. The Balaban J connectivity index is 2.23. The topological polar surface area (TPSA) is 75.2 Å². The Bertz CT molecular complexity index is 1050.